The van der Waals surface area contributed by atoms with E-state index in [1.807, 2.05) is 35.0 Å². The van der Waals surface area contributed by atoms with Crippen molar-refractivity contribution in [2.24, 2.45) is 0 Å². The molecule has 0 aliphatic heterocycles. The van der Waals surface area contributed by atoms with Crippen molar-refractivity contribution >= 4 is 40.2 Å². The van der Waals surface area contributed by atoms with Crippen LogP contribution in [0.3, 0.4) is 0 Å². The van der Waals surface area contributed by atoms with Crippen LogP contribution < -0.4 is 0 Å². The lowest BCUT2D eigenvalue weighted by Gasteiger charge is -1.91. The van der Waals surface area contributed by atoms with Crippen LogP contribution in [0.2, 0.25) is 0 Å². The third-order valence-corrected chi connectivity index (χ3v) is 3.97. The Balaban J connectivity index is 1.87. The molecule has 0 aliphatic carbocycles. The third kappa shape index (κ3) is 2.69. The Hall–Kier alpha value is -1.66. The molecule has 2 heterocycles. The number of rotatable bonds is 4. The number of benzene rings is 1. The van der Waals surface area contributed by atoms with Gasteiger partial charge in [-0.1, -0.05) is 47.7 Å². The Morgan fingerprint density at radius 3 is 2.84 bits per heavy atom. The molecule has 0 unspecified atom stereocenters. The van der Waals surface area contributed by atoms with Crippen molar-refractivity contribution in [2.75, 3.05) is 6.26 Å². The Labute approximate surface area is 119 Å². The highest BCUT2D eigenvalue weighted by molar-refractivity contribution is 7.97. The van der Waals surface area contributed by atoms with Crippen molar-refractivity contribution in [3.63, 3.8) is 0 Å². The Kier molecular flexibility index (Phi) is 3.61. The van der Waals surface area contributed by atoms with Crippen LogP contribution in [-0.4, -0.2) is 26.1 Å². The first-order valence-corrected chi connectivity index (χ1v) is 8.01. The molecule has 1 aromatic carbocycles. The molecule has 6 heteroatoms. The van der Waals surface area contributed by atoms with Gasteiger partial charge in [0.1, 0.15) is 5.01 Å². The van der Waals surface area contributed by atoms with E-state index < -0.39 is 0 Å². The van der Waals surface area contributed by atoms with Gasteiger partial charge in [0.25, 0.3) is 0 Å². The summed E-state index contributed by atoms with van der Waals surface area (Å²) in [5.74, 6) is 1.73. The highest BCUT2D eigenvalue weighted by Crippen LogP contribution is 2.18. The number of nitrogens with zero attached hydrogens (tertiary/aromatic N) is 4. The highest BCUT2D eigenvalue weighted by Gasteiger charge is 2.09. The molecule has 0 atom stereocenters. The molecule has 3 aromatic rings. The van der Waals surface area contributed by atoms with Crippen molar-refractivity contribution in [3.05, 3.63) is 46.7 Å². The third-order valence-electron chi connectivity index (χ3n) is 2.56. The molecular weight excluding hydrogens is 276 g/mol. The smallest absolute Gasteiger partial charge is 0.186 e. The molecule has 3 rings (SSSR count). The van der Waals surface area contributed by atoms with E-state index in [4.69, 9.17) is 0 Å². The van der Waals surface area contributed by atoms with Crippen molar-refractivity contribution in [3.8, 4) is 0 Å². The minimum Gasteiger partial charge on any atom is -0.186 e. The van der Waals surface area contributed by atoms with Gasteiger partial charge in [-0.2, -0.15) is 21.4 Å². The summed E-state index contributed by atoms with van der Waals surface area (Å²) in [4.78, 5) is 0.844. The van der Waals surface area contributed by atoms with Gasteiger partial charge in [0.05, 0.1) is 5.75 Å². The zero-order chi connectivity index (χ0) is 13.1. The number of thioether (sulfide) groups is 1. The first-order valence-electron chi connectivity index (χ1n) is 5.80. The van der Waals surface area contributed by atoms with Crippen molar-refractivity contribution in [2.45, 2.75) is 5.75 Å². The van der Waals surface area contributed by atoms with E-state index in [9.17, 15) is 0 Å². The van der Waals surface area contributed by atoms with Gasteiger partial charge < -0.3 is 0 Å². The molecule has 4 nitrogen and oxygen atoms in total. The molecule has 0 amide bonds. The van der Waals surface area contributed by atoms with Gasteiger partial charge in [0, 0.05) is 0 Å². The molecule has 19 heavy (non-hydrogen) atoms. The molecule has 0 fully saturated rings. The Bertz CT molecular complexity index is 700. The van der Waals surface area contributed by atoms with E-state index in [2.05, 4.69) is 33.5 Å². The fourth-order valence-electron chi connectivity index (χ4n) is 1.69. The average Bonchev–Trinajstić information content (AvgIpc) is 3.00. The van der Waals surface area contributed by atoms with Crippen LogP contribution >= 0.6 is 23.1 Å². The normalized spacial score (nSPS) is 11.6. The van der Waals surface area contributed by atoms with Crippen molar-refractivity contribution in [1.29, 1.82) is 0 Å². The maximum Gasteiger partial charge on any atom is 0.234 e. The number of hydrogen-bond acceptors (Lipinski definition) is 5. The Morgan fingerprint density at radius 2 is 2.05 bits per heavy atom. The molecule has 0 saturated heterocycles. The molecular formula is C13H12N4S2. The molecule has 0 radical (unpaired) electrons. The predicted octanol–water partition coefficient (Wildman–Crippen LogP) is 3.22. The van der Waals surface area contributed by atoms with E-state index in [0.717, 1.165) is 27.1 Å². The summed E-state index contributed by atoms with van der Waals surface area (Å²) in [6.45, 7) is 0. The summed E-state index contributed by atoms with van der Waals surface area (Å²) in [5.41, 5.74) is 1.16. The zero-order valence-corrected chi connectivity index (χ0v) is 12.0. The van der Waals surface area contributed by atoms with E-state index in [0.29, 0.717) is 0 Å². The van der Waals surface area contributed by atoms with Crippen LogP contribution in [0.25, 0.3) is 17.1 Å². The van der Waals surface area contributed by atoms with Gasteiger partial charge in [-0.15, -0.1) is 10.2 Å². The van der Waals surface area contributed by atoms with Gasteiger partial charge >= 0.3 is 0 Å². The largest absolute Gasteiger partial charge is 0.234 e. The highest BCUT2D eigenvalue weighted by atomic mass is 32.2. The molecule has 0 spiro atoms. The van der Waals surface area contributed by atoms with Crippen LogP contribution in [-0.2, 0) is 5.75 Å². The summed E-state index contributed by atoms with van der Waals surface area (Å²) < 4.78 is 1.83. The average molecular weight is 288 g/mol. The summed E-state index contributed by atoms with van der Waals surface area (Å²) in [6.07, 6.45) is 6.11. The molecule has 0 bridgehead atoms. The van der Waals surface area contributed by atoms with Crippen LogP contribution in [0.4, 0.5) is 0 Å². The zero-order valence-electron chi connectivity index (χ0n) is 10.4. The quantitative estimate of drug-likeness (QED) is 0.739. The number of fused-ring (bicyclic) bond motifs is 1. The predicted molar refractivity (Wildman–Crippen MR) is 81.2 cm³/mol. The molecule has 2 aromatic heterocycles. The first kappa shape index (κ1) is 12.4. The fraction of sp³-hybridized carbons (Fsp3) is 0.154. The number of hydrogen-bond donors (Lipinski definition) is 0. The van der Waals surface area contributed by atoms with Crippen LogP contribution in [0.5, 0.6) is 0 Å². The van der Waals surface area contributed by atoms with Gasteiger partial charge in [0.15, 0.2) is 5.82 Å². The SMILES string of the molecule is CSCc1nnc2sc(/C=C/c3ccccc3)nn12. The molecule has 0 aliphatic rings. The lowest BCUT2D eigenvalue weighted by Crippen LogP contribution is -1.93. The first-order chi connectivity index (χ1) is 9.36. The maximum absolute atomic E-state index is 4.52. The van der Waals surface area contributed by atoms with Gasteiger partial charge in [-0.05, 0) is 17.9 Å². The lowest BCUT2D eigenvalue weighted by molar-refractivity contribution is 0.881. The monoisotopic (exact) mass is 288 g/mol. The second-order valence-corrected chi connectivity index (χ2v) is 5.78. The summed E-state index contributed by atoms with van der Waals surface area (Å²) in [5, 5.41) is 13.7. The molecule has 0 N–H and O–H groups in total. The summed E-state index contributed by atoms with van der Waals surface area (Å²) in [7, 11) is 0. The van der Waals surface area contributed by atoms with E-state index in [1.165, 1.54) is 0 Å². The minimum absolute atomic E-state index is 0.826. The fourth-order valence-corrected chi connectivity index (χ4v) is 2.89. The second kappa shape index (κ2) is 5.54. The van der Waals surface area contributed by atoms with Crippen LogP contribution in [0, 0.1) is 0 Å². The second-order valence-electron chi connectivity index (χ2n) is 3.93. The number of aromatic nitrogens is 4. The molecule has 96 valence electrons. The van der Waals surface area contributed by atoms with Gasteiger partial charge in [-0.3, -0.25) is 0 Å². The molecule has 0 saturated carbocycles. The van der Waals surface area contributed by atoms with E-state index in [-0.39, 0.29) is 0 Å². The standard InChI is InChI=1S/C13H12N4S2/c1-18-9-11-14-15-13-17(11)16-12(19-13)8-7-10-5-3-2-4-6-10/h2-8H,9H2,1H3/b8-7+. The van der Waals surface area contributed by atoms with E-state index in [1.54, 1.807) is 23.1 Å². The van der Waals surface area contributed by atoms with Crippen LogP contribution in [0.15, 0.2) is 30.3 Å². The van der Waals surface area contributed by atoms with Crippen LogP contribution in [0.1, 0.15) is 16.4 Å². The van der Waals surface area contributed by atoms with Crippen molar-refractivity contribution in [1.82, 2.24) is 19.8 Å². The van der Waals surface area contributed by atoms with Gasteiger partial charge in [-0.25, -0.2) is 0 Å². The summed E-state index contributed by atoms with van der Waals surface area (Å²) in [6, 6.07) is 10.2. The van der Waals surface area contributed by atoms with Gasteiger partial charge in [0.2, 0.25) is 4.96 Å². The topological polar surface area (TPSA) is 43.1 Å². The van der Waals surface area contributed by atoms with Crippen molar-refractivity contribution < 1.29 is 0 Å². The van der Waals surface area contributed by atoms with E-state index >= 15 is 0 Å². The Morgan fingerprint density at radius 1 is 1.21 bits per heavy atom. The minimum atomic E-state index is 0.826. The summed E-state index contributed by atoms with van der Waals surface area (Å²) >= 11 is 3.26. The maximum atomic E-state index is 4.52. The lowest BCUT2D eigenvalue weighted by atomic mass is 10.2.